The Labute approximate surface area is 249 Å². The molecule has 0 aliphatic carbocycles. The minimum absolute atomic E-state index is 0.111. The van der Waals surface area contributed by atoms with Gasteiger partial charge in [0.15, 0.2) is 28.8 Å². The molecule has 0 radical (unpaired) electrons. The van der Waals surface area contributed by atoms with Crippen LogP contribution >= 0.6 is 0 Å². The van der Waals surface area contributed by atoms with Gasteiger partial charge in [0, 0.05) is 30.9 Å². The summed E-state index contributed by atoms with van der Waals surface area (Å²) in [4.78, 5) is 44.0. The monoisotopic (exact) mass is 604 g/mol. The zero-order valence-electron chi connectivity index (χ0n) is 24.3. The second kappa shape index (κ2) is 12.2. The van der Waals surface area contributed by atoms with E-state index in [1.165, 1.54) is 41.2 Å². The van der Waals surface area contributed by atoms with Crippen molar-refractivity contribution in [2.45, 2.75) is 52.3 Å². The number of H-pyrrole nitrogens is 1. The maximum Gasteiger partial charge on any atom is 0.335 e. The van der Waals surface area contributed by atoms with Crippen LogP contribution in [0.3, 0.4) is 0 Å². The first-order chi connectivity index (χ1) is 20.9. The summed E-state index contributed by atoms with van der Waals surface area (Å²) in [5.74, 6) is -1.44. The van der Waals surface area contributed by atoms with E-state index in [1.54, 1.807) is 33.8 Å². The minimum Gasteiger partial charge on any atom is -0.453 e. The van der Waals surface area contributed by atoms with Crippen LogP contribution in [0.1, 0.15) is 49.7 Å². The molecule has 11 nitrogen and oxygen atoms in total. The predicted molar refractivity (Wildman–Crippen MR) is 160 cm³/mol. The molecular weight excluding hydrogens is 574 g/mol. The van der Waals surface area contributed by atoms with Gasteiger partial charge >= 0.3 is 5.69 Å². The van der Waals surface area contributed by atoms with Crippen molar-refractivity contribution in [3.05, 3.63) is 105 Å². The number of ketones is 1. The number of hydrogen-bond donors (Lipinski definition) is 3. The number of nitrogens with one attached hydrogen (secondary N) is 2. The third-order valence-electron chi connectivity index (χ3n) is 7.15. The maximum absolute atomic E-state index is 15.3. The molecule has 0 saturated heterocycles. The van der Waals surface area contributed by atoms with Crippen LogP contribution in [0.4, 0.5) is 14.6 Å². The van der Waals surface area contributed by atoms with Gasteiger partial charge in [-0.25, -0.2) is 23.1 Å². The molecule has 0 amide bonds. The van der Waals surface area contributed by atoms with Crippen LogP contribution < -0.4 is 21.3 Å². The van der Waals surface area contributed by atoms with E-state index in [2.05, 4.69) is 20.5 Å². The third-order valence-corrected chi connectivity index (χ3v) is 7.15. The summed E-state index contributed by atoms with van der Waals surface area (Å²) in [5, 5.41) is 20.4. The molecular formula is C31H30F2N6O5. The number of carbonyl (C=O) groups excluding carboxylic acids is 1. The molecule has 5 rings (SSSR count). The molecule has 2 atom stereocenters. The number of halogens is 2. The normalized spacial score (nSPS) is 12.8. The number of anilines is 1. The largest absolute Gasteiger partial charge is 0.453 e. The second-order valence-corrected chi connectivity index (χ2v) is 10.7. The van der Waals surface area contributed by atoms with Gasteiger partial charge in [0.05, 0.1) is 17.8 Å². The molecule has 0 aliphatic rings. The number of carbonyl (C=O) groups is 1. The molecule has 13 heteroatoms. The Morgan fingerprint density at radius 1 is 1.05 bits per heavy atom. The summed E-state index contributed by atoms with van der Waals surface area (Å²) in [5.41, 5.74) is -1.04. The number of benzene rings is 2. The first-order valence-corrected chi connectivity index (χ1v) is 13.9. The number of hydrogen-bond acceptors (Lipinski definition) is 8. The molecule has 3 heterocycles. The molecule has 0 bridgehead atoms. The maximum atomic E-state index is 15.3. The smallest absolute Gasteiger partial charge is 0.335 e. The number of aliphatic hydroxyl groups is 1. The number of pyridine rings is 1. The SMILES string of the molecule is CC(C)n1cc(C(=O)Cc2ccc(Oc3ccnc4[nH]nc(N[C@H](C)[C@@H](C)O)c34)c(F)c2)c(=O)n(-c2ccc(F)cc2)c1=O. The van der Waals surface area contributed by atoms with Crippen molar-refractivity contribution < 1.29 is 23.4 Å². The van der Waals surface area contributed by atoms with E-state index in [1.807, 2.05) is 0 Å². The molecule has 0 unspecified atom stereocenters. The van der Waals surface area contributed by atoms with Crippen LogP contribution in [-0.2, 0) is 6.42 Å². The van der Waals surface area contributed by atoms with Crippen molar-refractivity contribution in [3.8, 4) is 17.2 Å². The molecule has 2 aromatic carbocycles. The van der Waals surface area contributed by atoms with Crippen LogP contribution in [0.5, 0.6) is 11.5 Å². The Kier molecular flexibility index (Phi) is 8.41. The minimum atomic E-state index is -0.861. The van der Waals surface area contributed by atoms with Crippen LogP contribution in [0, 0.1) is 11.6 Å². The number of aromatic nitrogens is 5. The molecule has 5 aromatic rings. The van der Waals surface area contributed by atoms with E-state index in [0.29, 0.717) is 16.9 Å². The van der Waals surface area contributed by atoms with Gasteiger partial charge in [-0.1, -0.05) is 6.07 Å². The van der Waals surface area contributed by atoms with Crippen LogP contribution in [0.25, 0.3) is 16.7 Å². The second-order valence-electron chi connectivity index (χ2n) is 10.7. The van der Waals surface area contributed by atoms with Crippen molar-refractivity contribution in [1.82, 2.24) is 24.3 Å². The van der Waals surface area contributed by atoms with E-state index in [9.17, 15) is 23.9 Å². The average molecular weight is 605 g/mol. The lowest BCUT2D eigenvalue weighted by Crippen LogP contribution is -2.42. The third kappa shape index (κ3) is 5.99. The fourth-order valence-electron chi connectivity index (χ4n) is 4.54. The standard InChI is InChI=1S/C31H30F2N6O5/c1-16(2)38-15-22(30(42)39(31(38)43)21-8-6-20(32)7-9-21)24(41)14-19-5-10-25(23(33)13-19)44-26-11-12-34-28-27(26)29(37-36-28)35-17(3)18(4)40/h5-13,15-18,40H,14H2,1-4H3,(H2,34,35,36,37)/t17-,18-/m1/s1. The number of aliphatic hydroxyl groups excluding tert-OH is 1. The highest BCUT2D eigenvalue weighted by atomic mass is 19.1. The lowest BCUT2D eigenvalue weighted by molar-refractivity contribution is 0.0990. The fraction of sp³-hybridized carbons (Fsp3) is 0.258. The van der Waals surface area contributed by atoms with Crippen molar-refractivity contribution in [2.24, 2.45) is 0 Å². The molecule has 0 aliphatic heterocycles. The first kappa shape index (κ1) is 30.3. The average Bonchev–Trinajstić information content (AvgIpc) is 3.38. The number of aromatic amines is 1. The van der Waals surface area contributed by atoms with E-state index in [0.717, 1.165) is 22.8 Å². The van der Waals surface area contributed by atoms with E-state index in [4.69, 9.17) is 4.74 Å². The van der Waals surface area contributed by atoms with Crippen molar-refractivity contribution >= 4 is 22.6 Å². The molecule has 0 fully saturated rings. The Morgan fingerprint density at radius 3 is 2.43 bits per heavy atom. The summed E-state index contributed by atoms with van der Waals surface area (Å²) in [7, 11) is 0. The molecule has 0 spiro atoms. The van der Waals surface area contributed by atoms with Gasteiger partial charge in [0.2, 0.25) is 0 Å². The number of Topliss-reactive ketones (excluding diaryl/α,β-unsaturated/α-hetero) is 1. The Balaban J connectivity index is 1.43. The van der Waals surface area contributed by atoms with E-state index < -0.39 is 40.8 Å². The number of rotatable bonds is 10. The predicted octanol–water partition coefficient (Wildman–Crippen LogP) is 4.53. The zero-order chi connectivity index (χ0) is 31.7. The van der Waals surface area contributed by atoms with Crippen LogP contribution in [0.2, 0.25) is 0 Å². The summed E-state index contributed by atoms with van der Waals surface area (Å²) in [6, 6.07) is 9.57. The first-order valence-electron chi connectivity index (χ1n) is 13.9. The van der Waals surface area contributed by atoms with Gasteiger partial charge < -0.3 is 15.2 Å². The van der Waals surface area contributed by atoms with E-state index >= 15 is 4.39 Å². The molecule has 3 aromatic heterocycles. The van der Waals surface area contributed by atoms with Crippen molar-refractivity contribution in [1.29, 1.82) is 0 Å². The molecule has 228 valence electrons. The van der Waals surface area contributed by atoms with Crippen LogP contribution in [0.15, 0.2) is 70.5 Å². The summed E-state index contributed by atoms with van der Waals surface area (Å²) < 4.78 is 36.7. The van der Waals surface area contributed by atoms with Crippen molar-refractivity contribution in [3.63, 3.8) is 0 Å². The lowest BCUT2D eigenvalue weighted by atomic mass is 10.0. The Morgan fingerprint density at radius 2 is 1.77 bits per heavy atom. The van der Waals surface area contributed by atoms with Crippen molar-refractivity contribution in [2.75, 3.05) is 5.32 Å². The summed E-state index contributed by atoms with van der Waals surface area (Å²) in [6.45, 7) is 6.84. The number of ether oxygens (including phenoxy) is 1. The Hall–Kier alpha value is -5.17. The van der Waals surface area contributed by atoms with Gasteiger partial charge in [0.1, 0.15) is 22.5 Å². The van der Waals surface area contributed by atoms with Gasteiger partial charge in [-0.05, 0) is 69.7 Å². The van der Waals surface area contributed by atoms with Gasteiger partial charge in [-0.2, -0.15) is 5.10 Å². The topological polar surface area (TPSA) is 144 Å². The molecule has 44 heavy (non-hydrogen) atoms. The fourth-order valence-corrected chi connectivity index (χ4v) is 4.54. The number of nitrogens with zero attached hydrogens (tertiary/aromatic N) is 4. The molecule has 3 N–H and O–H groups in total. The zero-order valence-corrected chi connectivity index (χ0v) is 24.3. The molecule has 0 saturated carbocycles. The number of fused-ring (bicyclic) bond motifs is 1. The highest BCUT2D eigenvalue weighted by Gasteiger charge is 2.22. The van der Waals surface area contributed by atoms with Gasteiger partial charge in [-0.3, -0.25) is 19.3 Å². The quantitative estimate of drug-likeness (QED) is 0.197. The van der Waals surface area contributed by atoms with E-state index in [-0.39, 0.29) is 40.8 Å². The Bertz CT molecular complexity index is 1960. The van der Waals surface area contributed by atoms with Crippen LogP contribution in [-0.4, -0.2) is 47.4 Å². The summed E-state index contributed by atoms with van der Waals surface area (Å²) >= 11 is 0. The highest BCUT2D eigenvalue weighted by Crippen LogP contribution is 2.34. The lowest BCUT2D eigenvalue weighted by Gasteiger charge is -2.17. The highest BCUT2D eigenvalue weighted by molar-refractivity contribution is 5.97. The summed E-state index contributed by atoms with van der Waals surface area (Å²) in [6.07, 6.45) is 1.67. The van der Waals surface area contributed by atoms with Gasteiger partial charge in [0.25, 0.3) is 5.56 Å². The van der Waals surface area contributed by atoms with Gasteiger partial charge in [-0.15, -0.1) is 0 Å².